The van der Waals surface area contributed by atoms with Gasteiger partial charge in [0.25, 0.3) is 0 Å². The standard InChI is InChI=1S/C86H168O17P2/c1-9-77(6)63-55-47-38-32-28-24-20-16-12-14-18-22-26-30-34-41-50-58-66-83(88)96-72-81(103-86(91)69-61-53-43-37-36-40-49-57-65-79(8)11-3)74-100-104(92,93)98-70-80(87)71-99-105(94,95)101-75-82(73-97-84(89)67-59-51-45-44-46-54-62-76(4)5)102-85(90)68-60-52-42-35-31-27-23-19-15-13-17-21-25-29-33-39-48-56-64-78(7)10-2/h76-82,87H,9-75H2,1-8H3,(H,92,93)(H,94,95)/t77?,78?,79?,80-,81-,82-/m1/s1. The lowest BCUT2D eigenvalue weighted by Gasteiger charge is -2.21. The summed E-state index contributed by atoms with van der Waals surface area (Å²) in [5, 5.41) is 10.7. The van der Waals surface area contributed by atoms with Crippen LogP contribution in [0, 0.1) is 23.7 Å². The molecule has 0 saturated carbocycles. The average Bonchev–Trinajstić information content (AvgIpc) is 0.903. The second-order valence-electron chi connectivity index (χ2n) is 32.1. The van der Waals surface area contributed by atoms with Crippen molar-refractivity contribution >= 4 is 39.5 Å². The normalized spacial score (nSPS) is 14.7. The Labute approximate surface area is 645 Å². The molecule has 19 heteroatoms. The number of phosphoric ester groups is 2. The van der Waals surface area contributed by atoms with Crippen LogP contribution in [0.25, 0.3) is 0 Å². The highest BCUT2D eigenvalue weighted by atomic mass is 31.2. The second-order valence-corrected chi connectivity index (χ2v) is 35.0. The van der Waals surface area contributed by atoms with Gasteiger partial charge in [-0.1, -0.05) is 396 Å². The summed E-state index contributed by atoms with van der Waals surface area (Å²) in [6, 6.07) is 0. The minimum Gasteiger partial charge on any atom is -0.462 e. The van der Waals surface area contributed by atoms with Crippen molar-refractivity contribution in [1.82, 2.24) is 0 Å². The van der Waals surface area contributed by atoms with Crippen LogP contribution < -0.4 is 0 Å². The smallest absolute Gasteiger partial charge is 0.462 e. The Morgan fingerprint density at radius 1 is 0.267 bits per heavy atom. The molecule has 0 bridgehead atoms. The van der Waals surface area contributed by atoms with E-state index in [4.69, 9.17) is 37.0 Å². The summed E-state index contributed by atoms with van der Waals surface area (Å²) < 4.78 is 68.8. The first kappa shape index (κ1) is 103. The number of phosphoric acid groups is 2. The predicted molar refractivity (Wildman–Crippen MR) is 432 cm³/mol. The highest BCUT2D eigenvalue weighted by molar-refractivity contribution is 7.47. The maximum Gasteiger partial charge on any atom is 0.472 e. The monoisotopic (exact) mass is 1540 g/mol. The van der Waals surface area contributed by atoms with Crippen LogP contribution in [0.1, 0.15) is 447 Å². The molecule has 624 valence electrons. The number of ether oxygens (including phenoxy) is 4. The maximum atomic E-state index is 13.1. The molecule has 0 aliphatic rings. The Bertz CT molecular complexity index is 2050. The fraction of sp³-hybridized carbons (Fsp3) is 0.953. The lowest BCUT2D eigenvalue weighted by atomic mass is 9.99. The SMILES string of the molecule is CCC(C)CCCCCCCCCCCCCCCCCCCCC(=O)OC[C@H](COP(=O)(O)OC[C@@H](O)COP(=O)(O)OC[C@@H](COC(=O)CCCCCCCCC(C)C)OC(=O)CCCCCCCCCCCCCCCCCCCCC(C)CC)OC(=O)CCCCCCCCCCC(C)CC. The molecule has 0 aromatic heterocycles. The molecule has 0 radical (unpaired) electrons. The molecule has 8 atom stereocenters. The van der Waals surface area contributed by atoms with E-state index in [0.717, 1.165) is 114 Å². The van der Waals surface area contributed by atoms with E-state index in [1.165, 1.54) is 244 Å². The van der Waals surface area contributed by atoms with E-state index in [9.17, 15) is 43.2 Å². The molecule has 0 aliphatic carbocycles. The fourth-order valence-corrected chi connectivity index (χ4v) is 14.8. The van der Waals surface area contributed by atoms with Crippen LogP contribution in [0.2, 0.25) is 0 Å². The maximum absolute atomic E-state index is 13.1. The summed E-state index contributed by atoms with van der Waals surface area (Å²) in [7, 11) is -9.93. The van der Waals surface area contributed by atoms with Crippen molar-refractivity contribution in [3.05, 3.63) is 0 Å². The molecule has 0 aromatic carbocycles. The summed E-state index contributed by atoms with van der Waals surface area (Å²) in [6.07, 6.45) is 64.1. The number of carbonyl (C=O) groups excluding carboxylic acids is 4. The van der Waals surface area contributed by atoms with E-state index in [2.05, 4.69) is 55.4 Å². The summed E-state index contributed by atoms with van der Waals surface area (Å²) in [5.74, 6) is 1.08. The molecule has 0 spiro atoms. The molecular formula is C86H168O17P2. The van der Waals surface area contributed by atoms with E-state index in [-0.39, 0.29) is 25.7 Å². The van der Waals surface area contributed by atoms with Crippen molar-refractivity contribution in [3.63, 3.8) is 0 Å². The van der Waals surface area contributed by atoms with Crippen LogP contribution in [0.15, 0.2) is 0 Å². The first-order valence-corrected chi connectivity index (χ1v) is 47.3. The molecule has 3 N–H and O–H groups in total. The topological polar surface area (TPSA) is 237 Å². The van der Waals surface area contributed by atoms with Gasteiger partial charge in [-0.05, 0) is 49.4 Å². The number of hydrogen-bond acceptors (Lipinski definition) is 15. The molecule has 0 amide bonds. The van der Waals surface area contributed by atoms with Crippen molar-refractivity contribution in [2.75, 3.05) is 39.6 Å². The van der Waals surface area contributed by atoms with Crippen LogP contribution in [-0.2, 0) is 65.4 Å². The molecule has 0 saturated heterocycles. The van der Waals surface area contributed by atoms with E-state index >= 15 is 0 Å². The molecule has 0 aromatic rings. The van der Waals surface area contributed by atoms with E-state index in [0.29, 0.717) is 31.6 Å². The first-order valence-electron chi connectivity index (χ1n) is 44.3. The largest absolute Gasteiger partial charge is 0.472 e. The van der Waals surface area contributed by atoms with Gasteiger partial charge in [0.2, 0.25) is 0 Å². The minimum atomic E-state index is -4.96. The third-order valence-corrected chi connectivity index (χ3v) is 23.1. The van der Waals surface area contributed by atoms with E-state index in [1.807, 2.05) is 0 Å². The Kier molecular flexibility index (Phi) is 73.4. The average molecular weight is 1540 g/mol. The summed E-state index contributed by atoms with van der Waals surface area (Å²) in [5.41, 5.74) is 0. The minimum absolute atomic E-state index is 0.105. The number of aliphatic hydroxyl groups excluding tert-OH is 1. The Hall–Kier alpha value is -1.94. The third kappa shape index (κ3) is 75.9. The van der Waals surface area contributed by atoms with Gasteiger partial charge in [0.1, 0.15) is 19.3 Å². The van der Waals surface area contributed by atoms with Crippen molar-refractivity contribution in [2.45, 2.75) is 465 Å². The molecule has 105 heavy (non-hydrogen) atoms. The van der Waals surface area contributed by atoms with Crippen LogP contribution in [-0.4, -0.2) is 96.7 Å². The van der Waals surface area contributed by atoms with Gasteiger partial charge in [0.15, 0.2) is 12.2 Å². The van der Waals surface area contributed by atoms with Crippen LogP contribution in [0.5, 0.6) is 0 Å². The zero-order valence-corrected chi connectivity index (χ0v) is 71.2. The number of aliphatic hydroxyl groups is 1. The van der Waals surface area contributed by atoms with Gasteiger partial charge in [0.05, 0.1) is 26.4 Å². The zero-order valence-electron chi connectivity index (χ0n) is 69.4. The van der Waals surface area contributed by atoms with Crippen LogP contribution in [0.3, 0.4) is 0 Å². The summed E-state index contributed by atoms with van der Waals surface area (Å²) in [6.45, 7) is 14.3. The quantitative estimate of drug-likeness (QED) is 0.0222. The third-order valence-electron chi connectivity index (χ3n) is 21.2. The number of carbonyl (C=O) groups is 4. The molecule has 0 aliphatic heterocycles. The van der Waals surface area contributed by atoms with Gasteiger partial charge < -0.3 is 33.8 Å². The first-order chi connectivity index (χ1) is 50.7. The number of hydrogen-bond donors (Lipinski definition) is 3. The van der Waals surface area contributed by atoms with Crippen LogP contribution in [0.4, 0.5) is 0 Å². The Morgan fingerprint density at radius 2 is 0.457 bits per heavy atom. The van der Waals surface area contributed by atoms with Crippen molar-refractivity contribution < 1.29 is 80.2 Å². The highest BCUT2D eigenvalue weighted by Gasteiger charge is 2.31. The highest BCUT2D eigenvalue weighted by Crippen LogP contribution is 2.45. The molecule has 0 rings (SSSR count). The molecule has 0 heterocycles. The van der Waals surface area contributed by atoms with Crippen LogP contribution >= 0.6 is 15.6 Å². The lowest BCUT2D eigenvalue weighted by molar-refractivity contribution is -0.161. The van der Waals surface area contributed by atoms with Gasteiger partial charge >= 0.3 is 39.5 Å². The Balaban J connectivity index is 5.12. The summed E-state index contributed by atoms with van der Waals surface area (Å²) in [4.78, 5) is 73.1. The van der Waals surface area contributed by atoms with E-state index < -0.39 is 97.5 Å². The van der Waals surface area contributed by atoms with Gasteiger partial charge in [-0.2, -0.15) is 0 Å². The van der Waals surface area contributed by atoms with Gasteiger partial charge in [-0.3, -0.25) is 37.3 Å². The predicted octanol–water partition coefficient (Wildman–Crippen LogP) is 25.9. The summed E-state index contributed by atoms with van der Waals surface area (Å²) >= 11 is 0. The zero-order chi connectivity index (χ0) is 77.4. The molecule has 5 unspecified atom stereocenters. The van der Waals surface area contributed by atoms with Crippen molar-refractivity contribution in [2.24, 2.45) is 23.7 Å². The number of rotatable bonds is 83. The Morgan fingerprint density at radius 3 is 0.676 bits per heavy atom. The number of esters is 4. The van der Waals surface area contributed by atoms with E-state index in [1.54, 1.807) is 0 Å². The molecular weight excluding hydrogens is 1370 g/mol. The molecule has 17 nitrogen and oxygen atoms in total. The number of unbranched alkanes of at least 4 members (excludes halogenated alkanes) is 46. The fourth-order valence-electron chi connectivity index (χ4n) is 13.2. The molecule has 0 fully saturated rings. The lowest BCUT2D eigenvalue weighted by Crippen LogP contribution is -2.30. The van der Waals surface area contributed by atoms with Crippen molar-refractivity contribution in [3.8, 4) is 0 Å². The van der Waals surface area contributed by atoms with Gasteiger partial charge in [0, 0.05) is 25.7 Å². The van der Waals surface area contributed by atoms with Gasteiger partial charge in [-0.15, -0.1) is 0 Å². The van der Waals surface area contributed by atoms with Gasteiger partial charge in [-0.25, -0.2) is 9.13 Å². The van der Waals surface area contributed by atoms with Crippen molar-refractivity contribution in [1.29, 1.82) is 0 Å². The second kappa shape index (κ2) is 74.8.